The van der Waals surface area contributed by atoms with Crippen molar-refractivity contribution in [1.82, 2.24) is 15.5 Å². The molecular weight excluding hydrogens is 330 g/mol. The van der Waals surface area contributed by atoms with E-state index >= 15 is 0 Å². The molecule has 0 atom stereocenters. The number of methoxy groups -OCH3 is 2. The Morgan fingerprint density at radius 3 is 2.46 bits per heavy atom. The summed E-state index contributed by atoms with van der Waals surface area (Å²) in [6, 6.07) is 5.31. The van der Waals surface area contributed by atoms with Crippen LogP contribution in [0.4, 0.5) is 0 Å². The predicted octanol–water partition coefficient (Wildman–Crippen LogP) is 2.62. The molecule has 1 amide bonds. The second-order valence-corrected chi connectivity index (χ2v) is 6.39. The average Bonchev–Trinajstić information content (AvgIpc) is 3.06. The smallest absolute Gasteiger partial charge is 0.277 e. The summed E-state index contributed by atoms with van der Waals surface area (Å²) in [6.07, 6.45) is 0. The van der Waals surface area contributed by atoms with Crippen molar-refractivity contribution in [3.8, 4) is 23.0 Å². The fraction of sp³-hybridized carbons (Fsp3) is 0.438. The second kappa shape index (κ2) is 8.58. The van der Waals surface area contributed by atoms with Crippen molar-refractivity contribution in [2.24, 2.45) is 5.92 Å². The maximum absolute atomic E-state index is 11.7. The van der Waals surface area contributed by atoms with Gasteiger partial charge in [-0.2, -0.15) is 0 Å². The third-order valence-corrected chi connectivity index (χ3v) is 3.86. The normalized spacial score (nSPS) is 10.7. The first-order valence-electron chi connectivity index (χ1n) is 7.48. The lowest BCUT2D eigenvalue weighted by molar-refractivity contribution is -0.118. The summed E-state index contributed by atoms with van der Waals surface area (Å²) in [5, 5.41) is 11.1. The third-order valence-electron chi connectivity index (χ3n) is 3.04. The minimum atomic E-state index is -0.0588. The van der Waals surface area contributed by atoms with Crippen LogP contribution >= 0.6 is 11.8 Å². The molecule has 0 spiro atoms. The summed E-state index contributed by atoms with van der Waals surface area (Å²) in [5.74, 6) is 2.19. The molecule has 0 bridgehead atoms. The number of thioether (sulfide) groups is 1. The number of ether oxygens (including phenoxy) is 2. The largest absolute Gasteiger partial charge is 0.497 e. The van der Waals surface area contributed by atoms with E-state index in [0.717, 1.165) is 0 Å². The summed E-state index contributed by atoms with van der Waals surface area (Å²) < 4.78 is 16.0. The van der Waals surface area contributed by atoms with Gasteiger partial charge in [-0.1, -0.05) is 25.6 Å². The maximum atomic E-state index is 11.7. The number of amides is 1. The van der Waals surface area contributed by atoms with E-state index in [1.807, 2.05) is 13.8 Å². The van der Waals surface area contributed by atoms with Crippen molar-refractivity contribution in [3.63, 3.8) is 0 Å². The Balaban J connectivity index is 2.01. The molecule has 0 aliphatic heterocycles. The molecule has 0 aliphatic carbocycles. The molecule has 0 saturated carbocycles. The van der Waals surface area contributed by atoms with Gasteiger partial charge in [0.2, 0.25) is 11.8 Å². The Morgan fingerprint density at radius 2 is 1.88 bits per heavy atom. The van der Waals surface area contributed by atoms with Crippen LogP contribution in [0.25, 0.3) is 11.5 Å². The molecule has 1 aromatic carbocycles. The first-order valence-corrected chi connectivity index (χ1v) is 8.46. The minimum absolute atomic E-state index is 0.0588. The third kappa shape index (κ3) is 5.16. The predicted molar refractivity (Wildman–Crippen MR) is 91.4 cm³/mol. The zero-order valence-corrected chi connectivity index (χ0v) is 15.0. The van der Waals surface area contributed by atoms with Gasteiger partial charge in [0.1, 0.15) is 11.5 Å². The van der Waals surface area contributed by atoms with Gasteiger partial charge < -0.3 is 19.2 Å². The number of hydrogen-bond acceptors (Lipinski definition) is 7. The Labute approximate surface area is 145 Å². The van der Waals surface area contributed by atoms with Gasteiger partial charge in [0.25, 0.3) is 5.22 Å². The van der Waals surface area contributed by atoms with E-state index in [2.05, 4.69) is 15.5 Å². The fourth-order valence-corrected chi connectivity index (χ4v) is 2.40. The summed E-state index contributed by atoms with van der Waals surface area (Å²) in [6.45, 7) is 4.73. The van der Waals surface area contributed by atoms with Crippen LogP contribution in [0.1, 0.15) is 13.8 Å². The van der Waals surface area contributed by atoms with Crippen molar-refractivity contribution in [2.75, 3.05) is 26.5 Å². The van der Waals surface area contributed by atoms with Crippen molar-refractivity contribution in [1.29, 1.82) is 0 Å². The van der Waals surface area contributed by atoms with Gasteiger partial charge in [-0.15, -0.1) is 10.2 Å². The highest BCUT2D eigenvalue weighted by molar-refractivity contribution is 7.99. The molecule has 130 valence electrons. The lowest BCUT2D eigenvalue weighted by atomic mass is 10.2. The molecule has 2 aromatic rings. The van der Waals surface area contributed by atoms with Crippen molar-refractivity contribution < 1.29 is 18.7 Å². The quantitative estimate of drug-likeness (QED) is 0.732. The van der Waals surface area contributed by atoms with Gasteiger partial charge in [0.05, 0.1) is 20.0 Å². The zero-order chi connectivity index (χ0) is 17.5. The maximum Gasteiger partial charge on any atom is 0.277 e. The number of carbonyl (C=O) groups is 1. The molecule has 1 N–H and O–H groups in total. The fourth-order valence-electron chi connectivity index (χ4n) is 1.81. The topological polar surface area (TPSA) is 86.5 Å². The lowest BCUT2D eigenvalue weighted by Crippen LogP contribution is -2.28. The monoisotopic (exact) mass is 351 g/mol. The van der Waals surface area contributed by atoms with Crippen LogP contribution in [-0.2, 0) is 4.79 Å². The Hall–Kier alpha value is -2.22. The second-order valence-electron chi connectivity index (χ2n) is 5.46. The van der Waals surface area contributed by atoms with Crippen molar-refractivity contribution in [3.05, 3.63) is 18.2 Å². The molecule has 24 heavy (non-hydrogen) atoms. The number of nitrogens with zero attached hydrogens (tertiary/aromatic N) is 2. The number of rotatable bonds is 8. The number of aromatic nitrogens is 2. The lowest BCUT2D eigenvalue weighted by Gasteiger charge is -2.06. The van der Waals surface area contributed by atoms with Crippen molar-refractivity contribution in [2.45, 2.75) is 19.1 Å². The van der Waals surface area contributed by atoms with Crippen LogP contribution in [0.2, 0.25) is 0 Å². The highest BCUT2D eigenvalue weighted by Gasteiger charge is 2.13. The number of benzene rings is 1. The van der Waals surface area contributed by atoms with Gasteiger partial charge in [-0.25, -0.2) is 0 Å². The van der Waals surface area contributed by atoms with Crippen LogP contribution in [0, 0.1) is 5.92 Å². The number of hydrogen-bond donors (Lipinski definition) is 1. The zero-order valence-electron chi connectivity index (χ0n) is 14.2. The van der Waals surface area contributed by atoms with Crippen LogP contribution in [0.3, 0.4) is 0 Å². The Morgan fingerprint density at radius 1 is 1.21 bits per heavy atom. The van der Waals surface area contributed by atoms with E-state index in [4.69, 9.17) is 13.9 Å². The molecule has 7 nitrogen and oxygen atoms in total. The first kappa shape index (κ1) is 18.1. The molecule has 1 aromatic heterocycles. The van der Waals surface area contributed by atoms with Crippen LogP contribution in [0.15, 0.2) is 27.8 Å². The van der Waals surface area contributed by atoms with Crippen LogP contribution < -0.4 is 14.8 Å². The minimum Gasteiger partial charge on any atom is -0.497 e. The number of nitrogens with one attached hydrogen (secondary N) is 1. The highest BCUT2D eigenvalue weighted by atomic mass is 32.2. The Bertz CT molecular complexity index is 665. The SMILES string of the molecule is COc1cc(OC)cc(-c2nnc(SCC(=O)NCC(C)C)o2)c1. The molecule has 0 fully saturated rings. The van der Waals surface area contributed by atoms with Gasteiger partial charge in [-0.05, 0) is 18.1 Å². The molecule has 1 heterocycles. The molecule has 0 saturated heterocycles. The van der Waals surface area contributed by atoms with Gasteiger partial charge >= 0.3 is 0 Å². The van der Waals surface area contributed by atoms with E-state index in [1.165, 1.54) is 11.8 Å². The van der Waals surface area contributed by atoms with E-state index in [-0.39, 0.29) is 11.7 Å². The molecular formula is C16H21N3O4S. The van der Waals surface area contributed by atoms with E-state index in [0.29, 0.717) is 40.6 Å². The highest BCUT2D eigenvalue weighted by Crippen LogP contribution is 2.30. The summed E-state index contributed by atoms with van der Waals surface area (Å²) in [7, 11) is 3.15. The van der Waals surface area contributed by atoms with Gasteiger partial charge in [-0.3, -0.25) is 4.79 Å². The van der Waals surface area contributed by atoms with E-state index in [9.17, 15) is 4.79 Å². The van der Waals surface area contributed by atoms with Crippen LogP contribution in [0.5, 0.6) is 11.5 Å². The molecule has 8 heteroatoms. The average molecular weight is 351 g/mol. The summed E-state index contributed by atoms with van der Waals surface area (Å²) in [4.78, 5) is 11.7. The first-order chi connectivity index (χ1) is 11.5. The Kier molecular flexibility index (Phi) is 6.48. The number of carbonyl (C=O) groups excluding carboxylic acids is 1. The summed E-state index contributed by atoms with van der Waals surface area (Å²) >= 11 is 1.20. The summed E-state index contributed by atoms with van der Waals surface area (Å²) in [5.41, 5.74) is 0.690. The van der Waals surface area contributed by atoms with Crippen LogP contribution in [-0.4, -0.2) is 42.6 Å². The molecule has 2 rings (SSSR count). The van der Waals surface area contributed by atoms with Gasteiger partial charge in [0, 0.05) is 18.2 Å². The van der Waals surface area contributed by atoms with E-state index in [1.54, 1.807) is 32.4 Å². The van der Waals surface area contributed by atoms with Crippen molar-refractivity contribution >= 4 is 17.7 Å². The standard InChI is InChI=1S/C16H21N3O4S/c1-10(2)8-17-14(20)9-24-16-19-18-15(23-16)11-5-12(21-3)7-13(6-11)22-4/h5-7,10H,8-9H2,1-4H3,(H,17,20). The van der Waals surface area contributed by atoms with Gasteiger partial charge in [0.15, 0.2) is 0 Å². The van der Waals surface area contributed by atoms with E-state index < -0.39 is 0 Å². The molecule has 0 unspecified atom stereocenters. The molecule has 0 aliphatic rings. The molecule has 0 radical (unpaired) electrons.